The summed E-state index contributed by atoms with van der Waals surface area (Å²) in [7, 11) is -2.25. The summed E-state index contributed by atoms with van der Waals surface area (Å²) in [6.07, 6.45) is 2.55. The molecule has 1 aliphatic rings. The number of carbonyl (C=O) groups is 2. The van der Waals surface area contributed by atoms with Crippen LogP contribution in [0, 0.1) is 0 Å². The molecule has 32 heavy (non-hydrogen) atoms. The summed E-state index contributed by atoms with van der Waals surface area (Å²) in [6.45, 7) is 0.764. The molecule has 0 radical (unpaired) electrons. The Hall–Kier alpha value is -2.82. The first-order chi connectivity index (χ1) is 15.3. The SMILES string of the molecule is COc1ccc(NCC(=O)NNC(=O)c2ccc(Cl)c(S(=O)(=O)N3CCCCC3)c2)cc1. The van der Waals surface area contributed by atoms with E-state index in [4.69, 9.17) is 16.3 Å². The summed E-state index contributed by atoms with van der Waals surface area (Å²) >= 11 is 6.13. The number of benzene rings is 2. The first-order valence-corrected chi connectivity index (χ1v) is 11.9. The van der Waals surface area contributed by atoms with E-state index in [-0.39, 0.29) is 22.0 Å². The molecule has 1 aliphatic heterocycles. The summed E-state index contributed by atoms with van der Waals surface area (Å²) in [4.78, 5) is 24.4. The molecule has 1 heterocycles. The Labute approximate surface area is 192 Å². The number of nitrogens with one attached hydrogen (secondary N) is 3. The van der Waals surface area contributed by atoms with Gasteiger partial charge < -0.3 is 10.1 Å². The normalized spacial score (nSPS) is 14.4. The third kappa shape index (κ3) is 5.90. The van der Waals surface area contributed by atoms with Crippen LogP contribution >= 0.6 is 11.6 Å². The van der Waals surface area contributed by atoms with Crippen molar-refractivity contribution in [1.82, 2.24) is 15.2 Å². The van der Waals surface area contributed by atoms with E-state index in [1.807, 2.05) is 0 Å². The Bertz CT molecular complexity index is 1070. The van der Waals surface area contributed by atoms with Gasteiger partial charge in [-0.25, -0.2) is 8.42 Å². The molecule has 3 N–H and O–H groups in total. The summed E-state index contributed by atoms with van der Waals surface area (Å²) in [5, 5.41) is 2.95. The largest absolute Gasteiger partial charge is 0.497 e. The second-order valence-corrected chi connectivity index (χ2v) is 9.51. The number of amides is 2. The second-order valence-electron chi connectivity index (χ2n) is 7.19. The highest BCUT2D eigenvalue weighted by atomic mass is 35.5. The smallest absolute Gasteiger partial charge is 0.269 e. The fourth-order valence-electron chi connectivity index (χ4n) is 3.22. The molecule has 0 aliphatic carbocycles. The van der Waals surface area contributed by atoms with E-state index in [0.29, 0.717) is 24.5 Å². The highest BCUT2D eigenvalue weighted by Crippen LogP contribution is 2.27. The lowest BCUT2D eigenvalue weighted by Crippen LogP contribution is -2.44. The number of piperidine rings is 1. The molecule has 0 bridgehead atoms. The molecule has 0 aromatic heterocycles. The van der Waals surface area contributed by atoms with Gasteiger partial charge in [0.1, 0.15) is 10.6 Å². The minimum Gasteiger partial charge on any atom is -0.497 e. The number of rotatable bonds is 7. The van der Waals surface area contributed by atoms with Crippen molar-refractivity contribution in [3.8, 4) is 5.75 Å². The number of methoxy groups -OCH3 is 1. The molecule has 1 saturated heterocycles. The van der Waals surface area contributed by atoms with E-state index < -0.39 is 21.8 Å². The molecule has 9 nitrogen and oxygen atoms in total. The molecule has 2 amide bonds. The molecule has 0 unspecified atom stereocenters. The lowest BCUT2D eigenvalue weighted by atomic mass is 10.2. The van der Waals surface area contributed by atoms with Crippen LogP contribution in [0.1, 0.15) is 29.6 Å². The Balaban J connectivity index is 1.58. The number of sulfonamides is 1. The zero-order valence-electron chi connectivity index (χ0n) is 17.6. The molecule has 3 rings (SSSR count). The number of anilines is 1. The predicted molar refractivity (Wildman–Crippen MR) is 121 cm³/mol. The maximum atomic E-state index is 12.9. The topological polar surface area (TPSA) is 117 Å². The quantitative estimate of drug-likeness (QED) is 0.524. The lowest BCUT2D eigenvalue weighted by molar-refractivity contribution is -0.120. The van der Waals surface area contributed by atoms with Gasteiger partial charge in [-0.3, -0.25) is 20.4 Å². The molecule has 0 saturated carbocycles. The lowest BCUT2D eigenvalue weighted by Gasteiger charge is -2.26. The van der Waals surface area contributed by atoms with Crippen LogP contribution in [0.3, 0.4) is 0 Å². The first-order valence-electron chi connectivity index (χ1n) is 10.1. The van der Waals surface area contributed by atoms with Gasteiger partial charge in [-0.1, -0.05) is 18.0 Å². The number of nitrogens with zero attached hydrogens (tertiary/aromatic N) is 1. The van der Waals surface area contributed by atoms with Gasteiger partial charge in [0.15, 0.2) is 0 Å². The van der Waals surface area contributed by atoms with Gasteiger partial charge in [-0.2, -0.15) is 4.31 Å². The third-order valence-electron chi connectivity index (χ3n) is 4.98. The standard InChI is InChI=1S/C21H25ClN4O5S/c1-31-17-8-6-16(7-9-17)23-14-20(27)24-25-21(28)15-5-10-18(22)19(13-15)32(29,30)26-11-3-2-4-12-26/h5-10,13,23H,2-4,11-12,14H2,1H3,(H,24,27)(H,25,28). The number of halogens is 1. The van der Waals surface area contributed by atoms with Gasteiger partial charge in [-0.05, 0) is 55.3 Å². The number of ether oxygens (including phenoxy) is 1. The molecular weight excluding hydrogens is 456 g/mol. The average Bonchev–Trinajstić information content (AvgIpc) is 2.82. The Morgan fingerprint density at radius 3 is 2.38 bits per heavy atom. The number of hydrazine groups is 1. The minimum absolute atomic E-state index is 0.0415. The van der Waals surface area contributed by atoms with E-state index in [0.717, 1.165) is 19.3 Å². The first kappa shape index (κ1) is 23.8. The second kappa shape index (κ2) is 10.7. The zero-order valence-corrected chi connectivity index (χ0v) is 19.1. The van der Waals surface area contributed by atoms with Crippen LogP contribution in [0.25, 0.3) is 0 Å². The molecule has 2 aromatic carbocycles. The Morgan fingerprint density at radius 2 is 1.72 bits per heavy atom. The van der Waals surface area contributed by atoms with Crippen LogP contribution in [0.15, 0.2) is 47.4 Å². The maximum Gasteiger partial charge on any atom is 0.269 e. The number of carbonyl (C=O) groups excluding carboxylic acids is 2. The van der Waals surface area contributed by atoms with E-state index in [2.05, 4.69) is 16.2 Å². The van der Waals surface area contributed by atoms with E-state index in [9.17, 15) is 18.0 Å². The highest BCUT2D eigenvalue weighted by Gasteiger charge is 2.28. The van der Waals surface area contributed by atoms with Crippen LogP contribution in [-0.4, -0.2) is 51.3 Å². The predicted octanol–water partition coefficient (Wildman–Crippen LogP) is 2.40. The Morgan fingerprint density at radius 1 is 1.03 bits per heavy atom. The number of hydrogen-bond donors (Lipinski definition) is 3. The minimum atomic E-state index is -3.81. The fourth-order valence-corrected chi connectivity index (χ4v) is 5.24. The number of hydrogen-bond acceptors (Lipinski definition) is 6. The fraction of sp³-hybridized carbons (Fsp3) is 0.333. The van der Waals surface area contributed by atoms with Crippen LogP contribution in [-0.2, 0) is 14.8 Å². The molecule has 0 atom stereocenters. The van der Waals surface area contributed by atoms with Gasteiger partial charge in [0.2, 0.25) is 10.0 Å². The van der Waals surface area contributed by atoms with Crippen LogP contribution < -0.4 is 20.9 Å². The van der Waals surface area contributed by atoms with Crippen LogP contribution in [0.2, 0.25) is 5.02 Å². The molecule has 0 spiro atoms. The van der Waals surface area contributed by atoms with Crippen molar-refractivity contribution >= 4 is 39.1 Å². The van der Waals surface area contributed by atoms with Crippen LogP contribution in [0.4, 0.5) is 5.69 Å². The van der Waals surface area contributed by atoms with Crippen LogP contribution in [0.5, 0.6) is 5.75 Å². The van der Waals surface area contributed by atoms with Gasteiger partial charge in [0.05, 0.1) is 18.7 Å². The van der Waals surface area contributed by atoms with E-state index in [1.54, 1.807) is 31.4 Å². The summed E-state index contributed by atoms with van der Waals surface area (Å²) in [5.74, 6) is -0.448. The van der Waals surface area contributed by atoms with Gasteiger partial charge >= 0.3 is 0 Å². The van der Waals surface area contributed by atoms with Crippen molar-refractivity contribution in [1.29, 1.82) is 0 Å². The average molecular weight is 481 g/mol. The third-order valence-corrected chi connectivity index (χ3v) is 7.36. The monoisotopic (exact) mass is 480 g/mol. The van der Waals surface area contributed by atoms with Crippen molar-refractivity contribution in [2.45, 2.75) is 24.2 Å². The molecule has 172 valence electrons. The zero-order chi connectivity index (χ0) is 23.1. The van der Waals surface area contributed by atoms with Crippen molar-refractivity contribution in [3.05, 3.63) is 53.1 Å². The van der Waals surface area contributed by atoms with Crippen molar-refractivity contribution in [2.24, 2.45) is 0 Å². The van der Waals surface area contributed by atoms with E-state index in [1.165, 1.54) is 22.5 Å². The van der Waals surface area contributed by atoms with Gasteiger partial charge in [-0.15, -0.1) is 0 Å². The van der Waals surface area contributed by atoms with Crippen molar-refractivity contribution in [2.75, 3.05) is 32.1 Å². The molecule has 11 heteroatoms. The molecule has 1 fully saturated rings. The highest BCUT2D eigenvalue weighted by molar-refractivity contribution is 7.89. The van der Waals surface area contributed by atoms with Crippen molar-refractivity contribution in [3.63, 3.8) is 0 Å². The van der Waals surface area contributed by atoms with Gasteiger partial charge in [0, 0.05) is 24.3 Å². The molecule has 2 aromatic rings. The van der Waals surface area contributed by atoms with Crippen molar-refractivity contribution < 1.29 is 22.7 Å². The Kier molecular flexibility index (Phi) is 7.94. The summed E-state index contributed by atoms with van der Waals surface area (Å²) < 4.78 is 32.3. The maximum absolute atomic E-state index is 12.9. The van der Waals surface area contributed by atoms with E-state index >= 15 is 0 Å². The van der Waals surface area contributed by atoms with Gasteiger partial charge in [0.25, 0.3) is 11.8 Å². The molecular formula is C21H25ClN4O5S. The summed E-state index contributed by atoms with van der Waals surface area (Å²) in [6, 6.07) is 11.0. The summed E-state index contributed by atoms with van der Waals surface area (Å²) in [5.41, 5.74) is 5.34.